The van der Waals surface area contributed by atoms with Crippen LogP contribution in [0, 0.1) is 0 Å². The number of benzene rings is 1. The van der Waals surface area contributed by atoms with Gasteiger partial charge in [0.05, 0.1) is 10.9 Å². The van der Waals surface area contributed by atoms with Crippen LogP contribution in [0.25, 0.3) is 0 Å². The maximum Gasteiger partial charge on any atom is 0.261 e. The Morgan fingerprint density at radius 2 is 1.93 bits per heavy atom. The Hall–Kier alpha value is -1.81. The van der Waals surface area contributed by atoms with Gasteiger partial charge in [-0.25, -0.2) is 0 Å². The van der Waals surface area contributed by atoms with Gasteiger partial charge < -0.3 is 20.9 Å². The molecule has 8 heteroatoms. The number of anilines is 1. The molecule has 1 aromatic carbocycles. The molecule has 1 unspecified atom stereocenters. The van der Waals surface area contributed by atoms with E-state index < -0.39 is 0 Å². The van der Waals surface area contributed by atoms with Crippen molar-refractivity contribution in [2.45, 2.75) is 32.2 Å². The second-order valence-electron chi connectivity index (χ2n) is 7.24. The number of nitrogens with zero attached hydrogens (tertiary/aromatic N) is 2. The van der Waals surface area contributed by atoms with E-state index in [1.807, 2.05) is 17.5 Å². The van der Waals surface area contributed by atoms with Gasteiger partial charge >= 0.3 is 0 Å². The lowest BCUT2D eigenvalue weighted by Gasteiger charge is -2.22. The Labute approximate surface area is 200 Å². The number of carbonyl (C=O) groups excluding carboxylic acids is 1. The predicted molar refractivity (Wildman–Crippen MR) is 137 cm³/mol. The molecule has 164 valence electrons. The average molecular weight is 542 g/mol. The molecular formula is C22H32IN5OS. The fraction of sp³-hybridized carbons (Fsp3) is 0.455. The molecule has 2 heterocycles. The first-order valence-electron chi connectivity index (χ1n) is 10.3. The Bertz CT molecular complexity index is 806. The molecule has 2 aromatic rings. The lowest BCUT2D eigenvalue weighted by Crippen LogP contribution is -2.40. The van der Waals surface area contributed by atoms with Gasteiger partial charge in [0.25, 0.3) is 5.91 Å². The zero-order valence-corrected chi connectivity index (χ0v) is 20.8. The highest BCUT2D eigenvalue weighted by molar-refractivity contribution is 14.0. The molecule has 1 aliphatic rings. The number of rotatable bonds is 8. The molecule has 0 spiro atoms. The Morgan fingerprint density at radius 3 is 2.63 bits per heavy atom. The summed E-state index contributed by atoms with van der Waals surface area (Å²) in [6, 6.07) is 12.6. The van der Waals surface area contributed by atoms with Crippen LogP contribution in [0.2, 0.25) is 0 Å². The van der Waals surface area contributed by atoms with Gasteiger partial charge in [-0.3, -0.25) is 9.79 Å². The van der Waals surface area contributed by atoms with Crippen LogP contribution in [0.15, 0.2) is 46.8 Å². The lowest BCUT2D eigenvalue weighted by atomic mass is 10.1. The van der Waals surface area contributed by atoms with E-state index in [1.165, 1.54) is 35.4 Å². The average Bonchev–Trinajstić information content (AvgIpc) is 3.46. The minimum Gasteiger partial charge on any atom is -0.372 e. The van der Waals surface area contributed by atoms with Gasteiger partial charge in [0.2, 0.25) is 0 Å². The van der Waals surface area contributed by atoms with Crippen molar-refractivity contribution in [2.75, 3.05) is 38.1 Å². The van der Waals surface area contributed by atoms with Crippen LogP contribution in [0.5, 0.6) is 0 Å². The maximum atomic E-state index is 11.9. The third-order valence-corrected chi connectivity index (χ3v) is 5.96. The summed E-state index contributed by atoms with van der Waals surface area (Å²) in [5.74, 6) is 0.766. The first-order valence-corrected chi connectivity index (χ1v) is 11.2. The number of halogens is 1. The molecule has 0 saturated carbocycles. The zero-order valence-electron chi connectivity index (χ0n) is 17.7. The summed E-state index contributed by atoms with van der Waals surface area (Å²) >= 11 is 1.46. The van der Waals surface area contributed by atoms with E-state index in [9.17, 15) is 4.79 Å². The minimum atomic E-state index is -0.00554. The molecule has 3 rings (SSSR count). The highest BCUT2D eigenvalue weighted by atomic mass is 127. The Kier molecular flexibility index (Phi) is 10.4. The molecule has 1 saturated heterocycles. The van der Waals surface area contributed by atoms with Gasteiger partial charge in [-0.05, 0) is 55.3 Å². The smallest absolute Gasteiger partial charge is 0.261 e. The van der Waals surface area contributed by atoms with Gasteiger partial charge in [-0.2, -0.15) is 0 Å². The van der Waals surface area contributed by atoms with Gasteiger partial charge in [0.1, 0.15) is 0 Å². The number of aliphatic imine (C=N–C) groups is 1. The molecule has 6 nitrogen and oxygen atoms in total. The number of nitrogens with one attached hydrogen (secondary N) is 3. The van der Waals surface area contributed by atoms with Crippen LogP contribution in [0.1, 0.15) is 47.5 Å². The highest BCUT2D eigenvalue weighted by Gasteiger charge is 2.14. The van der Waals surface area contributed by atoms with E-state index in [2.05, 4.69) is 57.0 Å². The SMILES string of the molecule is CN=C(NCCCNC(=O)c1cccs1)NC(C)c1cccc(N2CCCC2)c1.I. The van der Waals surface area contributed by atoms with Crippen molar-refractivity contribution in [1.82, 2.24) is 16.0 Å². The minimum absolute atomic E-state index is 0. The summed E-state index contributed by atoms with van der Waals surface area (Å²) in [7, 11) is 1.78. The third-order valence-electron chi connectivity index (χ3n) is 5.09. The lowest BCUT2D eigenvalue weighted by molar-refractivity contribution is 0.0957. The number of guanidine groups is 1. The fourth-order valence-electron chi connectivity index (χ4n) is 3.44. The number of amides is 1. The monoisotopic (exact) mass is 541 g/mol. The first kappa shape index (κ1) is 24.5. The molecule has 0 radical (unpaired) electrons. The summed E-state index contributed by atoms with van der Waals surface area (Å²) < 4.78 is 0. The molecule has 0 bridgehead atoms. The Morgan fingerprint density at radius 1 is 1.17 bits per heavy atom. The molecule has 1 amide bonds. The second-order valence-corrected chi connectivity index (χ2v) is 8.19. The molecule has 0 aliphatic carbocycles. The molecule has 30 heavy (non-hydrogen) atoms. The van der Waals surface area contributed by atoms with Crippen molar-refractivity contribution >= 4 is 52.9 Å². The number of hydrogen-bond donors (Lipinski definition) is 3. The number of thiophene rings is 1. The van der Waals surface area contributed by atoms with Crippen molar-refractivity contribution in [2.24, 2.45) is 4.99 Å². The summed E-state index contributed by atoms with van der Waals surface area (Å²) in [6.45, 7) is 5.82. The maximum absolute atomic E-state index is 11.9. The molecule has 3 N–H and O–H groups in total. The van der Waals surface area contributed by atoms with Crippen molar-refractivity contribution < 1.29 is 4.79 Å². The van der Waals surface area contributed by atoms with Crippen LogP contribution < -0.4 is 20.9 Å². The van der Waals surface area contributed by atoms with Gasteiger partial charge in [0, 0.05) is 38.9 Å². The van der Waals surface area contributed by atoms with Gasteiger partial charge in [-0.1, -0.05) is 18.2 Å². The molecule has 1 atom stereocenters. The van der Waals surface area contributed by atoms with E-state index in [0.717, 1.165) is 36.9 Å². The molecule has 1 aliphatic heterocycles. The van der Waals surface area contributed by atoms with Crippen molar-refractivity contribution in [1.29, 1.82) is 0 Å². The van der Waals surface area contributed by atoms with Gasteiger partial charge in [-0.15, -0.1) is 35.3 Å². The standard InChI is InChI=1S/C22H31N5OS.HI/c1-17(18-8-5-9-19(16-18)27-13-3-4-14-27)26-22(23-2)25-12-7-11-24-21(28)20-10-6-15-29-20;/h5-6,8-10,15-17H,3-4,7,11-14H2,1-2H3,(H,24,28)(H2,23,25,26);1H. The molecule has 1 fully saturated rings. The van der Waals surface area contributed by atoms with Crippen molar-refractivity contribution in [3.8, 4) is 0 Å². The van der Waals surface area contributed by atoms with Crippen LogP contribution in [-0.2, 0) is 0 Å². The largest absolute Gasteiger partial charge is 0.372 e. The predicted octanol–water partition coefficient (Wildman–Crippen LogP) is 4.01. The quantitative estimate of drug-likeness (QED) is 0.205. The van der Waals surface area contributed by atoms with Crippen LogP contribution >= 0.6 is 35.3 Å². The van der Waals surface area contributed by atoms with Crippen LogP contribution in [0.3, 0.4) is 0 Å². The van der Waals surface area contributed by atoms with Crippen molar-refractivity contribution in [3.63, 3.8) is 0 Å². The summed E-state index contributed by atoms with van der Waals surface area (Å²) in [4.78, 5) is 19.5. The van der Waals surface area contributed by atoms with E-state index in [-0.39, 0.29) is 35.9 Å². The topological polar surface area (TPSA) is 68.8 Å². The summed E-state index contributed by atoms with van der Waals surface area (Å²) in [5.41, 5.74) is 2.55. The zero-order chi connectivity index (χ0) is 20.5. The second kappa shape index (κ2) is 12.8. The van der Waals surface area contributed by atoms with Crippen molar-refractivity contribution in [3.05, 3.63) is 52.2 Å². The van der Waals surface area contributed by atoms with E-state index in [0.29, 0.717) is 6.54 Å². The van der Waals surface area contributed by atoms with E-state index >= 15 is 0 Å². The summed E-state index contributed by atoms with van der Waals surface area (Å²) in [5, 5.41) is 11.6. The Balaban J connectivity index is 0.00000320. The third kappa shape index (κ3) is 7.16. The highest BCUT2D eigenvalue weighted by Crippen LogP contribution is 2.23. The summed E-state index contributed by atoms with van der Waals surface area (Å²) in [6.07, 6.45) is 3.39. The van der Waals surface area contributed by atoms with Crippen LogP contribution in [0.4, 0.5) is 5.69 Å². The fourth-order valence-corrected chi connectivity index (χ4v) is 4.08. The normalized spacial score (nSPS) is 14.7. The van der Waals surface area contributed by atoms with Gasteiger partial charge in [0.15, 0.2) is 5.96 Å². The number of carbonyl (C=O) groups is 1. The van der Waals surface area contributed by atoms with E-state index in [1.54, 1.807) is 7.05 Å². The van der Waals surface area contributed by atoms with E-state index in [4.69, 9.17) is 0 Å². The molecule has 1 aromatic heterocycles. The first-order chi connectivity index (χ1) is 14.2. The van der Waals surface area contributed by atoms with Crippen LogP contribution in [-0.4, -0.2) is 45.1 Å². The molecular weight excluding hydrogens is 509 g/mol. The number of hydrogen-bond acceptors (Lipinski definition) is 4.